The van der Waals surface area contributed by atoms with Crippen LogP contribution in [-0.4, -0.2) is 5.16 Å². The summed E-state index contributed by atoms with van der Waals surface area (Å²) in [6.07, 6.45) is 2.54. The van der Waals surface area contributed by atoms with Gasteiger partial charge in [-0.3, -0.25) is 0 Å². The highest BCUT2D eigenvalue weighted by molar-refractivity contribution is 8.03. The van der Waals surface area contributed by atoms with Gasteiger partial charge in [-0.15, -0.1) is 0 Å². The second kappa shape index (κ2) is 4.17. The number of nitrogens with zero attached hydrogens (tertiary/aromatic N) is 2. The quantitative estimate of drug-likeness (QED) is 0.674. The summed E-state index contributed by atoms with van der Waals surface area (Å²) in [6, 6.07) is 0. The SMILES string of the molecule is CC[C@@H](SC#N)c1conc1C. The maximum absolute atomic E-state index is 8.52. The van der Waals surface area contributed by atoms with Crippen molar-refractivity contribution in [3.05, 3.63) is 17.5 Å². The molecule has 4 heteroatoms. The number of hydrogen-bond donors (Lipinski definition) is 0. The molecule has 0 bridgehead atoms. The van der Waals surface area contributed by atoms with E-state index < -0.39 is 0 Å². The summed E-state index contributed by atoms with van der Waals surface area (Å²) in [4.78, 5) is 0. The minimum absolute atomic E-state index is 0.196. The van der Waals surface area contributed by atoms with Gasteiger partial charge in [-0.05, 0) is 25.1 Å². The Hall–Kier alpha value is -0.950. The Labute approximate surface area is 75.7 Å². The third kappa shape index (κ3) is 1.80. The highest BCUT2D eigenvalue weighted by Crippen LogP contribution is 2.32. The molecule has 3 nitrogen and oxygen atoms in total. The Bertz CT molecular complexity index is 289. The van der Waals surface area contributed by atoms with E-state index in [1.54, 1.807) is 6.26 Å². The van der Waals surface area contributed by atoms with Gasteiger partial charge in [-0.25, -0.2) is 0 Å². The van der Waals surface area contributed by atoms with Crippen molar-refractivity contribution in [2.24, 2.45) is 0 Å². The Morgan fingerprint density at radius 2 is 2.58 bits per heavy atom. The van der Waals surface area contributed by atoms with E-state index in [-0.39, 0.29) is 5.25 Å². The van der Waals surface area contributed by atoms with Gasteiger partial charge in [0, 0.05) is 10.8 Å². The van der Waals surface area contributed by atoms with Crippen LogP contribution in [0.4, 0.5) is 0 Å². The van der Waals surface area contributed by atoms with Crippen molar-refractivity contribution in [3.8, 4) is 5.40 Å². The standard InChI is InChI=1S/C8H10N2OS/c1-3-8(12-5-9)7-4-11-10-6(7)2/h4,8H,3H2,1-2H3/t8-/m1/s1. The molecule has 1 rings (SSSR count). The van der Waals surface area contributed by atoms with Crippen molar-refractivity contribution in [1.82, 2.24) is 5.16 Å². The van der Waals surface area contributed by atoms with Crippen molar-refractivity contribution >= 4 is 11.8 Å². The first kappa shape index (κ1) is 9.14. The smallest absolute Gasteiger partial charge is 0.133 e. The summed E-state index contributed by atoms with van der Waals surface area (Å²) in [5, 5.41) is 14.6. The largest absolute Gasteiger partial charge is 0.364 e. The zero-order chi connectivity index (χ0) is 8.97. The molecule has 0 amide bonds. The van der Waals surface area contributed by atoms with Crippen molar-refractivity contribution < 1.29 is 4.52 Å². The van der Waals surface area contributed by atoms with Crippen molar-refractivity contribution in [2.75, 3.05) is 0 Å². The van der Waals surface area contributed by atoms with Gasteiger partial charge in [0.25, 0.3) is 0 Å². The fourth-order valence-corrected chi connectivity index (χ4v) is 1.69. The Morgan fingerprint density at radius 1 is 1.83 bits per heavy atom. The zero-order valence-electron chi connectivity index (χ0n) is 7.07. The molecule has 64 valence electrons. The van der Waals surface area contributed by atoms with Crippen LogP contribution in [0.3, 0.4) is 0 Å². The molecule has 0 aromatic carbocycles. The monoisotopic (exact) mass is 182 g/mol. The van der Waals surface area contributed by atoms with Crippen molar-refractivity contribution in [3.63, 3.8) is 0 Å². The number of aryl methyl sites for hydroxylation is 1. The predicted molar refractivity (Wildman–Crippen MR) is 47.5 cm³/mol. The van der Waals surface area contributed by atoms with Crippen LogP contribution >= 0.6 is 11.8 Å². The Kier molecular flexibility index (Phi) is 3.18. The molecule has 1 heterocycles. The van der Waals surface area contributed by atoms with Gasteiger partial charge >= 0.3 is 0 Å². The average Bonchev–Trinajstić information content (AvgIpc) is 2.47. The van der Waals surface area contributed by atoms with E-state index in [4.69, 9.17) is 9.78 Å². The molecule has 1 aromatic heterocycles. The summed E-state index contributed by atoms with van der Waals surface area (Å²) in [6.45, 7) is 3.93. The van der Waals surface area contributed by atoms with Gasteiger partial charge in [-0.2, -0.15) is 5.26 Å². The molecule has 0 saturated carbocycles. The number of thiocyanates is 1. The third-order valence-electron chi connectivity index (χ3n) is 1.70. The maximum atomic E-state index is 8.52. The normalized spacial score (nSPS) is 12.4. The molecule has 1 atom stereocenters. The highest BCUT2D eigenvalue weighted by Gasteiger charge is 2.14. The lowest BCUT2D eigenvalue weighted by atomic mass is 10.1. The highest BCUT2D eigenvalue weighted by atomic mass is 32.2. The number of aromatic nitrogens is 1. The second-order valence-electron chi connectivity index (χ2n) is 2.46. The van der Waals surface area contributed by atoms with E-state index in [1.165, 1.54) is 11.8 Å². The zero-order valence-corrected chi connectivity index (χ0v) is 7.89. The molecule has 0 radical (unpaired) electrons. The molecule has 0 unspecified atom stereocenters. The van der Waals surface area contributed by atoms with Crippen molar-refractivity contribution in [1.29, 1.82) is 5.26 Å². The minimum Gasteiger partial charge on any atom is -0.364 e. The van der Waals surface area contributed by atoms with E-state index in [9.17, 15) is 0 Å². The second-order valence-corrected chi connectivity index (χ2v) is 3.45. The number of thioether (sulfide) groups is 1. The molecule has 0 saturated heterocycles. The Morgan fingerprint density at radius 3 is 3.00 bits per heavy atom. The molecule has 0 spiro atoms. The number of hydrogen-bond acceptors (Lipinski definition) is 4. The van der Waals surface area contributed by atoms with Gasteiger partial charge in [0.05, 0.1) is 5.69 Å². The molecule has 12 heavy (non-hydrogen) atoms. The summed E-state index contributed by atoms with van der Waals surface area (Å²) in [5.41, 5.74) is 1.91. The lowest BCUT2D eigenvalue weighted by Crippen LogP contribution is -1.91. The molecule has 0 fully saturated rings. The summed E-state index contributed by atoms with van der Waals surface area (Å²) < 4.78 is 4.80. The molecule has 0 aliphatic carbocycles. The van der Waals surface area contributed by atoms with E-state index in [0.29, 0.717) is 0 Å². The first-order chi connectivity index (χ1) is 5.79. The van der Waals surface area contributed by atoms with Gasteiger partial charge < -0.3 is 4.52 Å². The van der Waals surface area contributed by atoms with Crippen molar-refractivity contribution in [2.45, 2.75) is 25.5 Å². The topological polar surface area (TPSA) is 49.8 Å². The van der Waals surface area contributed by atoms with Crippen LogP contribution in [0.25, 0.3) is 0 Å². The molecule has 0 N–H and O–H groups in total. The average molecular weight is 182 g/mol. The van der Waals surface area contributed by atoms with Gasteiger partial charge in [-0.1, -0.05) is 12.1 Å². The summed E-state index contributed by atoms with van der Waals surface area (Å²) in [5.74, 6) is 0. The maximum Gasteiger partial charge on any atom is 0.133 e. The lowest BCUT2D eigenvalue weighted by Gasteiger charge is -2.06. The molecular weight excluding hydrogens is 172 g/mol. The predicted octanol–water partition coefficient (Wildman–Crippen LogP) is 2.65. The first-order valence-electron chi connectivity index (χ1n) is 3.75. The molecule has 0 aliphatic rings. The fourth-order valence-electron chi connectivity index (χ4n) is 1.04. The van der Waals surface area contributed by atoms with E-state index in [0.717, 1.165) is 17.7 Å². The van der Waals surface area contributed by atoms with Crippen LogP contribution in [-0.2, 0) is 0 Å². The van der Waals surface area contributed by atoms with Gasteiger partial charge in [0.15, 0.2) is 0 Å². The molecule has 0 aliphatic heterocycles. The third-order valence-corrected chi connectivity index (χ3v) is 2.68. The van der Waals surface area contributed by atoms with Crippen LogP contribution in [0.5, 0.6) is 0 Å². The number of rotatable bonds is 3. The van der Waals surface area contributed by atoms with E-state index in [2.05, 4.69) is 10.6 Å². The van der Waals surface area contributed by atoms with Gasteiger partial charge in [0.1, 0.15) is 11.7 Å². The van der Waals surface area contributed by atoms with E-state index >= 15 is 0 Å². The lowest BCUT2D eigenvalue weighted by molar-refractivity contribution is 0.414. The van der Waals surface area contributed by atoms with Crippen LogP contribution in [0.2, 0.25) is 0 Å². The van der Waals surface area contributed by atoms with Gasteiger partial charge in [0.2, 0.25) is 0 Å². The molecular formula is C8H10N2OS. The first-order valence-corrected chi connectivity index (χ1v) is 4.63. The fraction of sp³-hybridized carbons (Fsp3) is 0.500. The summed E-state index contributed by atoms with van der Waals surface area (Å²) >= 11 is 1.25. The van der Waals surface area contributed by atoms with Crippen LogP contribution in [0.15, 0.2) is 10.8 Å². The number of nitriles is 1. The summed E-state index contributed by atoms with van der Waals surface area (Å²) in [7, 11) is 0. The molecule has 1 aromatic rings. The van der Waals surface area contributed by atoms with E-state index in [1.807, 2.05) is 13.8 Å². The van der Waals surface area contributed by atoms with Crippen LogP contribution < -0.4 is 0 Å². The Balaban J connectivity index is 2.81. The van der Waals surface area contributed by atoms with Crippen LogP contribution in [0.1, 0.15) is 29.9 Å². The van der Waals surface area contributed by atoms with Crippen LogP contribution in [0, 0.1) is 17.6 Å². The minimum atomic E-state index is 0.196.